The Bertz CT molecular complexity index is 378. The number of hydrogen-bond donors (Lipinski definition) is 1. The number of amides is 1. The van der Waals surface area contributed by atoms with E-state index in [9.17, 15) is 4.79 Å². The van der Waals surface area contributed by atoms with Gasteiger partial charge in [0.15, 0.2) is 0 Å². The maximum absolute atomic E-state index is 11.0. The highest BCUT2D eigenvalue weighted by Gasteiger charge is 2.23. The van der Waals surface area contributed by atoms with Crippen molar-refractivity contribution in [1.29, 1.82) is 0 Å². The van der Waals surface area contributed by atoms with Crippen LogP contribution in [0.4, 0.5) is 0 Å². The molecule has 0 radical (unpaired) electrons. The van der Waals surface area contributed by atoms with Crippen LogP contribution in [-0.2, 0) is 4.79 Å². The first kappa shape index (κ1) is 9.81. The van der Waals surface area contributed by atoms with E-state index in [1.165, 1.54) is 0 Å². The Hall–Kier alpha value is -0.730. The van der Waals surface area contributed by atoms with Gasteiger partial charge in [0.2, 0.25) is 5.91 Å². The van der Waals surface area contributed by atoms with Gasteiger partial charge in [0, 0.05) is 16.5 Å². The second-order valence-corrected chi connectivity index (χ2v) is 4.17. The molecule has 0 saturated carbocycles. The van der Waals surface area contributed by atoms with Crippen molar-refractivity contribution < 1.29 is 4.79 Å². The van der Waals surface area contributed by atoms with Crippen molar-refractivity contribution in [3.63, 3.8) is 0 Å². The third-order valence-electron chi connectivity index (χ3n) is 2.33. The van der Waals surface area contributed by atoms with E-state index in [0.29, 0.717) is 16.5 Å². The summed E-state index contributed by atoms with van der Waals surface area (Å²) in [4.78, 5) is 11.0. The molecule has 2 nitrogen and oxygen atoms in total. The summed E-state index contributed by atoms with van der Waals surface area (Å²) in [6, 6.07) is 5.39. The van der Waals surface area contributed by atoms with Gasteiger partial charge in [-0.2, -0.15) is 0 Å². The molecule has 1 unspecified atom stereocenters. The molecule has 1 aromatic rings. The van der Waals surface area contributed by atoms with Crippen molar-refractivity contribution in [3.8, 4) is 0 Å². The molecule has 1 heterocycles. The fourth-order valence-corrected chi connectivity index (χ4v) is 2.17. The van der Waals surface area contributed by atoms with E-state index in [1.807, 2.05) is 6.07 Å². The monoisotopic (exact) mass is 229 g/mol. The highest BCUT2D eigenvalue weighted by molar-refractivity contribution is 6.35. The van der Waals surface area contributed by atoms with Crippen LogP contribution in [-0.4, -0.2) is 5.91 Å². The first-order valence-electron chi connectivity index (χ1n) is 4.41. The Balaban J connectivity index is 2.28. The van der Waals surface area contributed by atoms with E-state index in [4.69, 9.17) is 23.2 Å². The summed E-state index contributed by atoms with van der Waals surface area (Å²) < 4.78 is 0. The Labute approximate surface area is 92.2 Å². The largest absolute Gasteiger partial charge is 0.349 e. The number of nitrogens with one attached hydrogen (secondary N) is 1. The van der Waals surface area contributed by atoms with Crippen LogP contribution in [0, 0.1) is 0 Å². The molecule has 4 heteroatoms. The predicted octanol–water partition coefficient (Wildman–Crippen LogP) is 2.94. The normalized spacial score (nSPS) is 21.0. The molecule has 1 aliphatic heterocycles. The molecule has 0 aromatic heterocycles. The van der Waals surface area contributed by atoms with Gasteiger partial charge in [0.1, 0.15) is 0 Å². The smallest absolute Gasteiger partial charge is 0.220 e. The number of benzene rings is 1. The average molecular weight is 230 g/mol. The Morgan fingerprint density at radius 1 is 1.36 bits per heavy atom. The standard InChI is InChI=1S/C10H9Cl2NO/c11-6-1-2-7(8(12)5-6)9-3-4-10(14)13-9/h1-2,5,9H,3-4H2,(H,13,14). The molecular formula is C10H9Cl2NO. The summed E-state index contributed by atoms with van der Waals surface area (Å²) >= 11 is 11.8. The number of halogens is 2. The molecule has 74 valence electrons. The molecule has 2 rings (SSSR count). The highest BCUT2D eigenvalue weighted by Crippen LogP contribution is 2.31. The molecule has 0 bridgehead atoms. The van der Waals surface area contributed by atoms with Crippen molar-refractivity contribution in [2.45, 2.75) is 18.9 Å². The molecular weight excluding hydrogens is 221 g/mol. The highest BCUT2D eigenvalue weighted by atomic mass is 35.5. The zero-order valence-corrected chi connectivity index (χ0v) is 8.90. The van der Waals surface area contributed by atoms with E-state index in [0.717, 1.165) is 12.0 Å². The molecule has 0 spiro atoms. The van der Waals surface area contributed by atoms with Gasteiger partial charge in [0.25, 0.3) is 0 Å². The third kappa shape index (κ3) is 1.86. The third-order valence-corrected chi connectivity index (χ3v) is 2.90. The number of carbonyl (C=O) groups is 1. The van der Waals surface area contributed by atoms with Crippen LogP contribution >= 0.6 is 23.2 Å². The molecule has 0 aliphatic carbocycles. The quantitative estimate of drug-likeness (QED) is 0.789. The molecule has 1 amide bonds. The van der Waals surface area contributed by atoms with Crippen molar-refractivity contribution in [2.24, 2.45) is 0 Å². The molecule has 1 fully saturated rings. The summed E-state index contributed by atoms with van der Waals surface area (Å²) in [5.74, 6) is 0.0843. The van der Waals surface area contributed by atoms with Gasteiger partial charge in [-0.3, -0.25) is 4.79 Å². The maximum atomic E-state index is 11.0. The minimum absolute atomic E-state index is 0.0484. The molecule has 1 aromatic carbocycles. The second-order valence-electron chi connectivity index (χ2n) is 3.32. The summed E-state index contributed by atoms with van der Waals surface area (Å²) in [5.41, 5.74) is 0.946. The predicted molar refractivity (Wildman–Crippen MR) is 56.6 cm³/mol. The number of rotatable bonds is 1. The molecule has 1 saturated heterocycles. The lowest BCUT2D eigenvalue weighted by Gasteiger charge is -2.12. The van der Waals surface area contributed by atoms with Gasteiger partial charge in [-0.1, -0.05) is 29.3 Å². The van der Waals surface area contributed by atoms with E-state index in [-0.39, 0.29) is 11.9 Å². The minimum atomic E-state index is 0.0484. The Kier molecular flexibility index (Phi) is 2.66. The van der Waals surface area contributed by atoms with Crippen LogP contribution in [0.1, 0.15) is 24.4 Å². The van der Waals surface area contributed by atoms with Gasteiger partial charge >= 0.3 is 0 Å². The Morgan fingerprint density at radius 3 is 2.71 bits per heavy atom. The van der Waals surface area contributed by atoms with E-state index < -0.39 is 0 Å². The van der Waals surface area contributed by atoms with Crippen LogP contribution in [0.2, 0.25) is 10.0 Å². The number of hydrogen-bond acceptors (Lipinski definition) is 1. The molecule has 1 aliphatic rings. The maximum Gasteiger partial charge on any atom is 0.220 e. The lowest BCUT2D eigenvalue weighted by molar-refractivity contribution is -0.119. The zero-order valence-electron chi connectivity index (χ0n) is 7.39. The zero-order chi connectivity index (χ0) is 10.1. The fourth-order valence-electron chi connectivity index (χ4n) is 1.63. The molecule has 14 heavy (non-hydrogen) atoms. The van der Waals surface area contributed by atoms with Crippen molar-refractivity contribution in [3.05, 3.63) is 33.8 Å². The first-order valence-corrected chi connectivity index (χ1v) is 5.17. The second kappa shape index (κ2) is 3.79. The van der Waals surface area contributed by atoms with Crippen LogP contribution in [0.5, 0.6) is 0 Å². The average Bonchev–Trinajstić information content (AvgIpc) is 2.51. The molecule has 1 N–H and O–H groups in total. The summed E-state index contributed by atoms with van der Waals surface area (Å²) in [5, 5.41) is 4.09. The van der Waals surface area contributed by atoms with Crippen molar-refractivity contribution in [1.82, 2.24) is 5.32 Å². The van der Waals surface area contributed by atoms with Crippen LogP contribution in [0.3, 0.4) is 0 Å². The summed E-state index contributed by atoms with van der Waals surface area (Å²) in [6.07, 6.45) is 1.38. The van der Waals surface area contributed by atoms with Gasteiger partial charge in [-0.15, -0.1) is 0 Å². The molecule has 1 atom stereocenters. The number of carbonyl (C=O) groups excluding carboxylic acids is 1. The van der Waals surface area contributed by atoms with Gasteiger partial charge in [0.05, 0.1) is 6.04 Å². The van der Waals surface area contributed by atoms with Gasteiger partial charge in [-0.25, -0.2) is 0 Å². The van der Waals surface area contributed by atoms with Gasteiger partial charge in [-0.05, 0) is 24.1 Å². The van der Waals surface area contributed by atoms with Crippen molar-refractivity contribution in [2.75, 3.05) is 0 Å². The Morgan fingerprint density at radius 2 is 2.14 bits per heavy atom. The van der Waals surface area contributed by atoms with E-state index >= 15 is 0 Å². The van der Waals surface area contributed by atoms with Crippen LogP contribution in [0.15, 0.2) is 18.2 Å². The minimum Gasteiger partial charge on any atom is -0.349 e. The van der Waals surface area contributed by atoms with Gasteiger partial charge < -0.3 is 5.32 Å². The van der Waals surface area contributed by atoms with E-state index in [2.05, 4.69) is 5.32 Å². The topological polar surface area (TPSA) is 29.1 Å². The van der Waals surface area contributed by atoms with Crippen molar-refractivity contribution >= 4 is 29.1 Å². The van der Waals surface area contributed by atoms with Crippen LogP contribution in [0.25, 0.3) is 0 Å². The first-order chi connectivity index (χ1) is 6.66. The van der Waals surface area contributed by atoms with E-state index in [1.54, 1.807) is 12.1 Å². The SMILES string of the molecule is O=C1CCC(c2ccc(Cl)cc2Cl)N1. The van der Waals surface area contributed by atoms with Crippen LogP contribution < -0.4 is 5.32 Å². The lowest BCUT2D eigenvalue weighted by atomic mass is 10.1. The summed E-state index contributed by atoms with van der Waals surface area (Å²) in [6.45, 7) is 0. The lowest BCUT2D eigenvalue weighted by Crippen LogP contribution is -2.18. The summed E-state index contributed by atoms with van der Waals surface area (Å²) in [7, 11) is 0. The fraction of sp³-hybridized carbons (Fsp3) is 0.300.